The largest absolute Gasteiger partial charge is 0.294 e. The van der Waals surface area contributed by atoms with Gasteiger partial charge in [-0.2, -0.15) is 8.42 Å². The average Bonchev–Trinajstić information content (AvgIpc) is 2.53. The number of nitrogens with zero attached hydrogens (tertiary/aromatic N) is 1. The van der Waals surface area contributed by atoms with E-state index in [0.717, 1.165) is 30.7 Å². The maximum atomic E-state index is 11.9. The molecule has 5 rings (SSSR count). The van der Waals surface area contributed by atoms with Gasteiger partial charge >= 0.3 is 0 Å². The molecule has 0 amide bonds. The molecule has 0 spiro atoms. The fraction of sp³-hybridized carbons (Fsp3) is 0.647. The van der Waals surface area contributed by atoms with Crippen molar-refractivity contribution in [3.05, 3.63) is 33.9 Å². The smallest absolute Gasteiger partial charge is 0.282 e. The number of hydrogen-bond acceptors (Lipinski definition) is 4. The molecule has 0 unspecified atom stereocenters. The number of nitro groups is 1. The van der Waals surface area contributed by atoms with Crippen LogP contribution < -0.4 is 0 Å². The van der Waals surface area contributed by atoms with Gasteiger partial charge in [0.05, 0.1) is 9.82 Å². The van der Waals surface area contributed by atoms with Crippen molar-refractivity contribution in [2.45, 2.75) is 36.5 Å². The maximum absolute atomic E-state index is 11.9. The van der Waals surface area contributed by atoms with Crippen LogP contribution in [0.15, 0.2) is 23.1 Å². The Kier molecular flexibility index (Phi) is 4.20. The molecule has 4 bridgehead atoms. The minimum atomic E-state index is -4.42. The van der Waals surface area contributed by atoms with Crippen LogP contribution in [0.2, 0.25) is 0 Å². The van der Waals surface area contributed by atoms with Gasteiger partial charge < -0.3 is 0 Å². The average molecular weight is 430 g/mol. The molecule has 1 N–H and O–H groups in total. The van der Waals surface area contributed by atoms with Gasteiger partial charge in [0.2, 0.25) is 0 Å². The first-order valence-electron chi connectivity index (χ1n) is 8.61. The van der Waals surface area contributed by atoms with Crippen LogP contribution in [-0.4, -0.2) is 23.2 Å². The van der Waals surface area contributed by atoms with Crippen LogP contribution in [0.1, 0.15) is 37.2 Å². The quantitative estimate of drug-likeness (QED) is 0.337. The molecular weight excluding hydrogens is 410 g/mol. The molecule has 4 fully saturated rings. The molecule has 136 valence electrons. The number of non-ortho nitro benzene ring substituents is 1. The third kappa shape index (κ3) is 2.82. The van der Waals surface area contributed by atoms with Crippen molar-refractivity contribution >= 4 is 31.7 Å². The van der Waals surface area contributed by atoms with E-state index in [1.165, 1.54) is 18.6 Å². The molecule has 0 heterocycles. The fourth-order valence-corrected chi connectivity index (χ4v) is 7.65. The molecule has 6 atom stereocenters. The van der Waals surface area contributed by atoms with E-state index in [0.29, 0.717) is 35.2 Å². The Hall–Kier alpha value is -0.990. The lowest BCUT2D eigenvalue weighted by molar-refractivity contribution is -0.385. The summed E-state index contributed by atoms with van der Waals surface area (Å²) in [7, 11) is -4.42. The number of benzene rings is 1. The minimum Gasteiger partial charge on any atom is -0.282 e. The van der Waals surface area contributed by atoms with Crippen molar-refractivity contribution in [2.24, 2.45) is 29.6 Å². The number of alkyl halides is 1. The lowest BCUT2D eigenvalue weighted by Crippen LogP contribution is -2.50. The van der Waals surface area contributed by atoms with Crippen molar-refractivity contribution in [3.8, 4) is 0 Å². The molecule has 0 radical (unpaired) electrons. The van der Waals surface area contributed by atoms with E-state index in [1.54, 1.807) is 0 Å². The molecule has 0 aromatic heterocycles. The van der Waals surface area contributed by atoms with Gasteiger partial charge in [-0.15, -0.1) is 0 Å². The van der Waals surface area contributed by atoms with Gasteiger partial charge in [0.1, 0.15) is 0 Å². The Balaban J connectivity index is 1.85. The van der Waals surface area contributed by atoms with Crippen molar-refractivity contribution in [3.63, 3.8) is 0 Å². The van der Waals surface area contributed by atoms with Gasteiger partial charge in [-0.1, -0.05) is 15.9 Å². The first kappa shape index (κ1) is 17.4. The van der Waals surface area contributed by atoms with E-state index >= 15 is 0 Å². The summed E-state index contributed by atoms with van der Waals surface area (Å²) in [5.74, 6) is 2.44. The normalized spacial score (nSPS) is 36.6. The van der Waals surface area contributed by atoms with Gasteiger partial charge in [-0.05, 0) is 72.8 Å². The molecule has 4 aliphatic carbocycles. The molecule has 1 aromatic carbocycles. The van der Waals surface area contributed by atoms with Crippen LogP contribution in [-0.2, 0) is 10.1 Å². The van der Waals surface area contributed by atoms with Crippen LogP contribution in [0.4, 0.5) is 5.69 Å². The van der Waals surface area contributed by atoms with E-state index in [2.05, 4.69) is 15.9 Å². The number of nitro benzene ring substituents is 1. The molecule has 25 heavy (non-hydrogen) atoms. The van der Waals surface area contributed by atoms with Crippen LogP contribution >= 0.6 is 15.9 Å². The lowest BCUT2D eigenvalue weighted by Gasteiger charge is -2.58. The summed E-state index contributed by atoms with van der Waals surface area (Å²) in [6.45, 7) is 0. The van der Waals surface area contributed by atoms with Crippen molar-refractivity contribution in [1.82, 2.24) is 0 Å². The molecule has 6 nitrogen and oxygen atoms in total. The molecule has 8 heteroatoms. The molecular formula is C17H20BrNO5S. The molecule has 4 saturated carbocycles. The number of hydrogen-bond donors (Lipinski definition) is 1. The predicted molar refractivity (Wildman–Crippen MR) is 95.4 cm³/mol. The Morgan fingerprint density at radius 1 is 1.20 bits per heavy atom. The Morgan fingerprint density at radius 2 is 1.92 bits per heavy atom. The summed E-state index contributed by atoms with van der Waals surface area (Å²) in [5, 5.41) is 12.1. The summed E-state index contributed by atoms with van der Waals surface area (Å²) in [5.41, 5.74) is 0.322. The highest BCUT2D eigenvalue weighted by Crippen LogP contribution is 2.63. The van der Waals surface area contributed by atoms with Crippen molar-refractivity contribution in [1.29, 1.82) is 0 Å². The van der Waals surface area contributed by atoms with E-state index < -0.39 is 15.0 Å². The van der Waals surface area contributed by atoms with Crippen molar-refractivity contribution < 1.29 is 17.9 Å². The van der Waals surface area contributed by atoms with Crippen LogP contribution in [0.25, 0.3) is 0 Å². The Labute approximate surface area is 155 Å². The highest BCUT2D eigenvalue weighted by atomic mass is 79.9. The topological polar surface area (TPSA) is 97.5 Å². The monoisotopic (exact) mass is 429 g/mol. The summed E-state index contributed by atoms with van der Waals surface area (Å²) in [6.07, 6.45) is 4.39. The minimum absolute atomic E-state index is 0.0350. The predicted octanol–water partition coefficient (Wildman–Crippen LogP) is 4.00. The third-order valence-electron chi connectivity index (χ3n) is 6.63. The SMILES string of the molecule is O=[N+]([O-])c1ccc(S(=O)(=O)O)c([C@@H]2[C@H]3C[C@H]4C[C@@H](C3)[C@@H](CBr)[C@H]2C4)c1. The lowest BCUT2D eigenvalue weighted by atomic mass is 9.47. The van der Waals surface area contributed by atoms with Crippen LogP contribution in [0.3, 0.4) is 0 Å². The zero-order chi connectivity index (χ0) is 17.9. The first-order chi connectivity index (χ1) is 11.8. The molecule has 1 aromatic rings. The number of rotatable bonds is 4. The first-order valence-corrected chi connectivity index (χ1v) is 11.2. The summed E-state index contributed by atoms with van der Waals surface area (Å²) in [6, 6.07) is 3.73. The molecule has 0 saturated heterocycles. The highest BCUT2D eigenvalue weighted by molar-refractivity contribution is 9.09. The van der Waals surface area contributed by atoms with E-state index in [1.807, 2.05) is 0 Å². The highest BCUT2D eigenvalue weighted by Gasteiger charge is 2.54. The summed E-state index contributed by atoms with van der Waals surface area (Å²) >= 11 is 3.62. The van der Waals surface area contributed by atoms with Crippen LogP contribution in [0, 0.1) is 39.7 Å². The zero-order valence-electron chi connectivity index (χ0n) is 13.5. The van der Waals surface area contributed by atoms with Gasteiger partial charge in [-0.3, -0.25) is 14.7 Å². The second-order valence-corrected chi connectivity index (χ2v) is 9.83. The van der Waals surface area contributed by atoms with E-state index in [9.17, 15) is 23.1 Å². The standard InChI is InChI=1S/C17H20BrNO5S/c18-8-15-10-3-9-4-11(6-10)17(13(15)5-9)14-7-12(19(20)21)1-2-16(14)25(22,23)24/h1-2,7,9-11,13,15,17H,3-6,8H2,(H,22,23,24)/t9-,10+,11+,13-,15-,17-/m1/s1. The number of halogens is 1. The van der Waals surface area contributed by atoms with Gasteiger partial charge in [0, 0.05) is 17.5 Å². The van der Waals surface area contributed by atoms with Crippen molar-refractivity contribution in [2.75, 3.05) is 5.33 Å². The van der Waals surface area contributed by atoms with E-state index in [-0.39, 0.29) is 16.5 Å². The Morgan fingerprint density at radius 3 is 2.56 bits per heavy atom. The van der Waals surface area contributed by atoms with Gasteiger partial charge in [0.15, 0.2) is 0 Å². The molecule has 0 aliphatic heterocycles. The third-order valence-corrected chi connectivity index (χ3v) is 8.30. The van der Waals surface area contributed by atoms with Gasteiger partial charge in [0.25, 0.3) is 15.8 Å². The molecule has 4 aliphatic rings. The fourth-order valence-electron chi connectivity index (χ4n) is 5.91. The summed E-state index contributed by atoms with van der Waals surface area (Å²) in [4.78, 5) is 10.5. The second-order valence-electron chi connectivity index (χ2n) is 7.79. The maximum Gasteiger partial charge on any atom is 0.294 e. The Bertz CT molecular complexity index is 826. The van der Waals surface area contributed by atoms with Crippen LogP contribution in [0.5, 0.6) is 0 Å². The zero-order valence-corrected chi connectivity index (χ0v) is 15.9. The summed E-state index contributed by atoms with van der Waals surface area (Å²) < 4.78 is 33.5. The van der Waals surface area contributed by atoms with E-state index in [4.69, 9.17) is 0 Å². The van der Waals surface area contributed by atoms with Gasteiger partial charge in [-0.25, -0.2) is 0 Å². The second kappa shape index (κ2) is 6.03.